The van der Waals surface area contributed by atoms with E-state index in [2.05, 4.69) is 20.2 Å². The van der Waals surface area contributed by atoms with Gasteiger partial charge in [-0.2, -0.15) is 4.98 Å². The molecule has 0 saturated carbocycles. The molecule has 0 aliphatic rings. The highest BCUT2D eigenvalue weighted by Gasteiger charge is 2.31. The van der Waals surface area contributed by atoms with E-state index in [4.69, 9.17) is 4.52 Å². The standard InChI is InChI=1S/C18H14F3N3O4/c19-18(20,21)27-13-8-6-11(7-9-13)15-23-17(28-24-15)14(10-25)22-16(26)12-4-2-1-3-5-12/h1-9,14,25H,10H2,(H,22,26). The fourth-order valence-electron chi connectivity index (χ4n) is 2.32. The lowest BCUT2D eigenvalue weighted by molar-refractivity contribution is -0.274. The fraction of sp³-hybridized carbons (Fsp3) is 0.167. The van der Waals surface area contributed by atoms with Crippen LogP contribution in [-0.2, 0) is 0 Å². The summed E-state index contributed by atoms with van der Waals surface area (Å²) >= 11 is 0. The first-order valence-electron chi connectivity index (χ1n) is 8.02. The van der Waals surface area contributed by atoms with Crippen LogP contribution in [0.4, 0.5) is 13.2 Å². The first kappa shape index (κ1) is 19.4. The Morgan fingerprint density at radius 3 is 2.43 bits per heavy atom. The van der Waals surface area contributed by atoms with Crippen molar-refractivity contribution < 1.29 is 32.3 Å². The molecule has 1 atom stereocenters. The van der Waals surface area contributed by atoms with Gasteiger partial charge in [-0.1, -0.05) is 23.4 Å². The van der Waals surface area contributed by atoms with Crippen LogP contribution in [0.3, 0.4) is 0 Å². The Bertz CT molecular complexity index is 927. The average Bonchev–Trinajstić information content (AvgIpc) is 3.16. The molecule has 1 aromatic heterocycles. The summed E-state index contributed by atoms with van der Waals surface area (Å²) in [6.45, 7) is -0.488. The van der Waals surface area contributed by atoms with E-state index in [1.807, 2.05) is 0 Å². The van der Waals surface area contributed by atoms with Crippen molar-refractivity contribution in [1.29, 1.82) is 0 Å². The van der Waals surface area contributed by atoms with Gasteiger partial charge in [-0.3, -0.25) is 4.79 Å². The molecule has 0 spiro atoms. The van der Waals surface area contributed by atoms with Crippen LogP contribution in [0.25, 0.3) is 11.4 Å². The summed E-state index contributed by atoms with van der Waals surface area (Å²) in [7, 11) is 0. The molecule has 2 aromatic carbocycles. The number of halogens is 3. The maximum atomic E-state index is 12.2. The largest absolute Gasteiger partial charge is 0.573 e. The molecule has 7 nitrogen and oxygen atoms in total. The zero-order valence-electron chi connectivity index (χ0n) is 14.2. The second kappa shape index (κ2) is 8.09. The van der Waals surface area contributed by atoms with E-state index in [1.165, 1.54) is 12.1 Å². The van der Waals surface area contributed by atoms with Gasteiger partial charge in [-0.05, 0) is 36.4 Å². The van der Waals surface area contributed by atoms with Crippen LogP contribution in [0.15, 0.2) is 59.1 Å². The van der Waals surface area contributed by atoms with Crippen LogP contribution in [0.1, 0.15) is 22.3 Å². The number of amides is 1. The van der Waals surface area contributed by atoms with Crippen LogP contribution in [-0.4, -0.2) is 34.1 Å². The van der Waals surface area contributed by atoms with E-state index in [0.717, 1.165) is 12.1 Å². The van der Waals surface area contributed by atoms with Crippen molar-refractivity contribution in [3.63, 3.8) is 0 Å². The molecule has 28 heavy (non-hydrogen) atoms. The van der Waals surface area contributed by atoms with E-state index in [9.17, 15) is 23.1 Å². The number of benzene rings is 2. The van der Waals surface area contributed by atoms with Gasteiger partial charge in [0.2, 0.25) is 5.82 Å². The minimum absolute atomic E-state index is 0.0441. The quantitative estimate of drug-likeness (QED) is 0.668. The Balaban J connectivity index is 1.72. The molecule has 0 radical (unpaired) electrons. The molecule has 0 aliphatic carbocycles. The monoisotopic (exact) mass is 393 g/mol. The summed E-state index contributed by atoms with van der Waals surface area (Å²) in [5.41, 5.74) is 0.761. The number of hydrogen-bond donors (Lipinski definition) is 2. The zero-order valence-corrected chi connectivity index (χ0v) is 14.2. The molecule has 3 aromatic rings. The van der Waals surface area contributed by atoms with Gasteiger partial charge in [0.05, 0.1) is 6.61 Å². The summed E-state index contributed by atoms with van der Waals surface area (Å²) in [4.78, 5) is 16.3. The molecular formula is C18H14F3N3O4. The van der Waals surface area contributed by atoms with Crippen molar-refractivity contribution in [3.05, 3.63) is 66.1 Å². The van der Waals surface area contributed by atoms with E-state index >= 15 is 0 Å². The molecule has 0 aliphatic heterocycles. The van der Waals surface area contributed by atoms with Gasteiger partial charge in [-0.15, -0.1) is 13.2 Å². The number of carbonyl (C=O) groups excluding carboxylic acids is 1. The van der Waals surface area contributed by atoms with Crippen molar-refractivity contribution in [2.45, 2.75) is 12.4 Å². The predicted molar refractivity (Wildman–Crippen MR) is 90.2 cm³/mol. The summed E-state index contributed by atoms with van der Waals surface area (Å²) in [5, 5.41) is 15.8. The molecule has 3 rings (SSSR count). The highest BCUT2D eigenvalue weighted by atomic mass is 19.4. The molecule has 146 valence electrons. The van der Waals surface area contributed by atoms with E-state index < -0.39 is 24.9 Å². The molecular weight excluding hydrogens is 379 g/mol. The topological polar surface area (TPSA) is 97.5 Å². The number of carbonyl (C=O) groups is 1. The van der Waals surface area contributed by atoms with Crippen LogP contribution < -0.4 is 10.1 Å². The van der Waals surface area contributed by atoms with Gasteiger partial charge in [0, 0.05) is 11.1 Å². The maximum absolute atomic E-state index is 12.2. The summed E-state index contributed by atoms with van der Waals surface area (Å²) in [5.74, 6) is -0.783. The van der Waals surface area contributed by atoms with Crippen LogP contribution >= 0.6 is 0 Å². The Labute approximate surface area is 156 Å². The molecule has 0 fully saturated rings. The predicted octanol–water partition coefficient (Wildman–Crippen LogP) is 3.10. The smallest absolute Gasteiger partial charge is 0.406 e. The van der Waals surface area contributed by atoms with Crippen molar-refractivity contribution in [1.82, 2.24) is 15.5 Å². The number of alkyl halides is 3. The van der Waals surface area contributed by atoms with Gasteiger partial charge in [0.15, 0.2) is 0 Å². The van der Waals surface area contributed by atoms with Crippen LogP contribution in [0.5, 0.6) is 5.75 Å². The first-order chi connectivity index (χ1) is 13.4. The van der Waals surface area contributed by atoms with Gasteiger partial charge in [0.25, 0.3) is 11.8 Å². The van der Waals surface area contributed by atoms with Gasteiger partial charge in [0.1, 0.15) is 11.8 Å². The Hall–Kier alpha value is -3.40. The number of aliphatic hydroxyl groups is 1. The van der Waals surface area contributed by atoms with Gasteiger partial charge in [-0.25, -0.2) is 0 Å². The van der Waals surface area contributed by atoms with Crippen molar-refractivity contribution in [2.75, 3.05) is 6.61 Å². The minimum Gasteiger partial charge on any atom is -0.406 e. The van der Waals surface area contributed by atoms with Crippen molar-refractivity contribution in [3.8, 4) is 17.1 Å². The summed E-state index contributed by atoms with van der Waals surface area (Å²) in [6.07, 6.45) is -4.79. The molecule has 1 amide bonds. The SMILES string of the molecule is O=C(NC(CO)c1nc(-c2ccc(OC(F)(F)F)cc2)no1)c1ccccc1. The first-order valence-corrected chi connectivity index (χ1v) is 8.02. The van der Waals surface area contributed by atoms with E-state index in [0.29, 0.717) is 11.1 Å². The highest BCUT2D eigenvalue weighted by Crippen LogP contribution is 2.26. The minimum atomic E-state index is -4.79. The maximum Gasteiger partial charge on any atom is 0.573 e. The molecule has 10 heteroatoms. The lowest BCUT2D eigenvalue weighted by Gasteiger charge is -2.12. The van der Waals surface area contributed by atoms with Gasteiger partial charge < -0.3 is 19.7 Å². The average molecular weight is 393 g/mol. The normalized spacial score (nSPS) is 12.4. The van der Waals surface area contributed by atoms with E-state index in [-0.39, 0.29) is 17.5 Å². The second-order valence-electron chi connectivity index (χ2n) is 5.60. The number of hydrogen-bond acceptors (Lipinski definition) is 6. The third-order valence-corrected chi connectivity index (χ3v) is 3.61. The number of nitrogens with zero attached hydrogens (tertiary/aromatic N) is 2. The highest BCUT2D eigenvalue weighted by molar-refractivity contribution is 5.94. The lowest BCUT2D eigenvalue weighted by Crippen LogP contribution is -2.31. The number of nitrogens with one attached hydrogen (secondary N) is 1. The number of ether oxygens (including phenoxy) is 1. The number of rotatable bonds is 6. The number of aliphatic hydroxyl groups excluding tert-OH is 1. The van der Waals surface area contributed by atoms with Crippen molar-refractivity contribution >= 4 is 5.91 Å². The third-order valence-electron chi connectivity index (χ3n) is 3.61. The van der Waals surface area contributed by atoms with Gasteiger partial charge >= 0.3 is 6.36 Å². The molecule has 0 bridgehead atoms. The Kier molecular flexibility index (Phi) is 5.59. The second-order valence-corrected chi connectivity index (χ2v) is 5.60. The van der Waals surface area contributed by atoms with Crippen LogP contribution in [0.2, 0.25) is 0 Å². The van der Waals surface area contributed by atoms with E-state index in [1.54, 1.807) is 30.3 Å². The lowest BCUT2D eigenvalue weighted by atomic mass is 10.2. The number of aromatic nitrogens is 2. The Morgan fingerprint density at radius 2 is 1.82 bits per heavy atom. The third kappa shape index (κ3) is 4.86. The molecule has 2 N–H and O–H groups in total. The zero-order chi connectivity index (χ0) is 20.1. The molecule has 0 saturated heterocycles. The van der Waals surface area contributed by atoms with Crippen molar-refractivity contribution in [2.24, 2.45) is 0 Å². The Morgan fingerprint density at radius 1 is 1.14 bits per heavy atom. The molecule has 1 heterocycles. The molecule has 1 unspecified atom stereocenters. The summed E-state index contributed by atoms with van der Waals surface area (Å²) in [6, 6.07) is 12.3. The van der Waals surface area contributed by atoms with Crippen LogP contribution in [0, 0.1) is 0 Å². The summed E-state index contributed by atoms with van der Waals surface area (Å²) < 4.78 is 45.5. The fourth-order valence-corrected chi connectivity index (χ4v) is 2.32.